The van der Waals surface area contributed by atoms with E-state index in [0.717, 1.165) is 31.5 Å². The van der Waals surface area contributed by atoms with Crippen molar-refractivity contribution in [3.8, 4) is 12.3 Å². The van der Waals surface area contributed by atoms with Gasteiger partial charge in [-0.3, -0.25) is 4.98 Å². The molecule has 0 amide bonds. The number of terminal acetylenes is 1. The molecule has 0 aromatic carbocycles. The number of hydrogen-bond acceptors (Lipinski definition) is 2. The second-order valence-corrected chi connectivity index (χ2v) is 3.59. The molecule has 0 bridgehead atoms. The van der Waals surface area contributed by atoms with E-state index in [1.165, 1.54) is 0 Å². The molecule has 0 saturated heterocycles. The Morgan fingerprint density at radius 2 is 2.33 bits per heavy atom. The summed E-state index contributed by atoms with van der Waals surface area (Å²) in [6.07, 6.45) is 10.1. The molecule has 0 spiro atoms. The van der Waals surface area contributed by atoms with Crippen molar-refractivity contribution in [1.29, 1.82) is 0 Å². The molecule has 1 aromatic rings. The summed E-state index contributed by atoms with van der Waals surface area (Å²) in [6.45, 7) is 3.13. The van der Waals surface area contributed by atoms with Gasteiger partial charge in [-0.25, -0.2) is 0 Å². The zero-order valence-electron chi connectivity index (χ0n) is 9.24. The first kappa shape index (κ1) is 11.7. The molecule has 1 unspecified atom stereocenters. The van der Waals surface area contributed by atoms with Crippen LogP contribution in [-0.2, 0) is 0 Å². The first-order valence-corrected chi connectivity index (χ1v) is 5.42. The predicted molar refractivity (Wildman–Crippen MR) is 63.3 cm³/mol. The van der Waals surface area contributed by atoms with Gasteiger partial charge in [0.15, 0.2) is 0 Å². The van der Waals surface area contributed by atoms with Gasteiger partial charge in [0, 0.05) is 18.7 Å². The number of hydrogen-bond donors (Lipinski definition) is 1. The van der Waals surface area contributed by atoms with Crippen LogP contribution in [-0.4, -0.2) is 11.5 Å². The highest BCUT2D eigenvalue weighted by Gasteiger charge is 2.03. The Morgan fingerprint density at radius 3 is 3.00 bits per heavy atom. The molecule has 0 saturated carbocycles. The van der Waals surface area contributed by atoms with Gasteiger partial charge in [-0.15, -0.1) is 12.3 Å². The average molecular weight is 202 g/mol. The first-order chi connectivity index (χ1) is 7.34. The van der Waals surface area contributed by atoms with Crippen molar-refractivity contribution in [2.75, 3.05) is 6.54 Å². The molecule has 2 heteroatoms. The molecule has 1 rings (SSSR count). The summed E-state index contributed by atoms with van der Waals surface area (Å²) in [7, 11) is 0. The van der Waals surface area contributed by atoms with Crippen LogP contribution < -0.4 is 5.32 Å². The van der Waals surface area contributed by atoms with Crippen LogP contribution in [0.4, 0.5) is 0 Å². The third kappa shape index (κ3) is 4.62. The summed E-state index contributed by atoms with van der Waals surface area (Å²) in [4.78, 5) is 4.30. The standard InChI is InChI=1S/C13H18N2/c1-3-4-5-7-10-14-12(2)13-9-6-8-11-15-13/h1,6,8-9,11-12,14H,4-5,7,10H2,2H3. The second kappa shape index (κ2) is 7.03. The van der Waals surface area contributed by atoms with E-state index in [-0.39, 0.29) is 0 Å². The highest BCUT2D eigenvalue weighted by atomic mass is 14.9. The topological polar surface area (TPSA) is 24.9 Å². The molecular weight excluding hydrogens is 184 g/mol. The minimum Gasteiger partial charge on any atom is -0.309 e. The predicted octanol–water partition coefficient (Wildman–Crippen LogP) is 2.54. The maximum atomic E-state index is 5.18. The van der Waals surface area contributed by atoms with Crippen LogP contribution in [0.5, 0.6) is 0 Å². The van der Waals surface area contributed by atoms with Gasteiger partial charge in [-0.1, -0.05) is 6.07 Å². The van der Waals surface area contributed by atoms with E-state index in [1.54, 1.807) is 0 Å². The molecule has 1 aromatic heterocycles. The van der Waals surface area contributed by atoms with E-state index in [1.807, 2.05) is 24.4 Å². The lowest BCUT2D eigenvalue weighted by Gasteiger charge is -2.12. The Balaban J connectivity index is 2.20. The number of aromatic nitrogens is 1. The van der Waals surface area contributed by atoms with Gasteiger partial charge >= 0.3 is 0 Å². The van der Waals surface area contributed by atoms with Crippen LogP contribution >= 0.6 is 0 Å². The molecule has 0 fully saturated rings. The highest BCUT2D eigenvalue weighted by Crippen LogP contribution is 2.07. The second-order valence-electron chi connectivity index (χ2n) is 3.59. The zero-order valence-corrected chi connectivity index (χ0v) is 9.24. The number of unbranched alkanes of at least 4 members (excludes halogenated alkanes) is 2. The molecule has 1 N–H and O–H groups in total. The van der Waals surface area contributed by atoms with Crippen LogP contribution in [0.1, 0.15) is 37.9 Å². The SMILES string of the molecule is C#CCCCCNC(C)c1ccccn1. The smallest absolute Gasteiger partial charge is 0.0570 e. The van der Waals surface area contributed by atoms with Gasteiger partial charge < -0.3 is 5.32 Å². The van der Waals surface area contributed by atoms with Crippen LogP contribution in [0.25, 0.3) is 0 Å². The maximum absolute atomic E-state index is 5.18. The minimum absolute atomic E-state index is 0.317. The quantitative estimate of drug-likeness (QED) is 0.566. The van der Waals surface area contributed by atoms with E-state index >= 15 is 0 Å². The first-order valence-electron chi connectivity index (χ1n) is 5.42. The summed E-state index contributed by atoms with van der Waals surface area (Å²) in [5.74, 6) is 2.65. The zero-order chi connectivity index (χ0) is 10.9. The van der Waals surface area contributed by atoms with E-state index < -0.39 is 0 Å². The van der Waals surface area contributed by atoms with Crippen LogP contribution in [0.2, 0.25) is 0 Å². The largest absolute Gasteiger partial charge is 0.309 e. The Labute approximate surface area is 92.1 Å². The molecule has 1 atom stereocenters. The van der Waals surface area contributed by atoms with Gasteiger partial charge in [0.1, 0.15) is 0 Å². The molecule has 1 heterocycles. The van der Waals surface area contributed by atoms with Crippen LogP contribution in [0.15, 0.2) is 24.4 Å². The summed E-state index contributed by atoms with van der Waals surface area (Å²) < 4.78 is 0. The summed E-state index contributed by atoms with van der Waals surface area (Å²) >= 11 is 0. The van der Waals surface area contributed by atoms with Crippen LogP contribution in [0.3, 0.4) is 0 Å². The lowest BCUT2D eigenvalue weighted by Crippen LogP contribution is -2.20. The fraction of sp³-hybridized carbons (Fsp3) is 0.462. The average Bonchev–Trinajstić information content (AvgIpc) is 2.30. The number of rotatable bonds is 6. The summed E-state index contributed by atoms with van der Waals surface area (Å²) in [5, 5.41) is 3.43. The molecule has 2 nitrogen and oxygen atoms in total. The Bertz CT molecular complexity index is 300. The van der Waals surface area contributed by atoms with Crippen molar-refractivity contribution in [3.63, 3.8) is 0 Å². The molecular formula is C13H18N2. The number of nitrogens with zero attached hydrogens (tertiary/aromatic N) is 1. The van der Waals surface area contributed by atoms with E-state index in [0.29, 0.717) is 6.04 Å². The van der Waals surface area contributed by atoms with E-state index in [2.05, 4.69) is 23.1 Å². The molecule has 0 aliphatic rings. The summed E-state index contributed by atoms with van der Waals surface area (Å²) in [5.41, 5.74) is 1.09. The van der Waals surface area contributed by atoms with Crippen LogP contribution in [0, 0.1) is 12.3 Å². The van der Waals surface area contributed by atoms with Crippen molar-refractivity contribution in [3.05, 3.63) is 30.1 Å². The van der Waals surface area contributed by atoms with Crippen molar-refractivity contribution in [1.82, 2.24) is 10.3 Å². The highest BCUT2D eigenvalue weighted by molar-refractivity contribution is 5.07. The maximum Gasteiger partial charge on any atom is 0.0570 e. The Kier molecular flexibility index (Phi) is 5.50. The van der Waals surface area contributed by atoms with Gasteiger partial charge in [0.05, 0.1) is 5.69 Å². The third-order valence-electron chi connectivity index (χ3n) is 2.33. The fourth-order valence-corrected chi connectivity index (χ4v) is 1.41. The molecule has 0 aliphatic heterocycles. The van der Waals surface area contributed by atoms with Crippen molar-refractivity contribution in [2.24, 2.45) is 0 Å². The Hall–Kier alpha value is -1.33. The van der Waals surface area contributed by atoms with E-state index in [4.69, 9.17) is 6.42 Å². The van der Waals surface area contributed by atoms with Crippen molar-refractivity contribution >= 4 is 0 Å². The molecule has 15 heavy (non-hydrogen) atoms. The monoisotopic (exact) mass is 202 g/mol. The van der Waals surface area contributed by atoms with Gasteiger partial charge in [-0.2, -0.15) is 0 Å². The molecule has 80 valence electrons. The molecule has 0 aliphatic carbocycles. The summed E-state index contributed by atoms with van der Waals surface area (Å²) in [6, 6.07) is 6.30. The van der Waals surface area contributed by atoms with Gasteiger partial charge in [0.2, 0.25) is 0 Å². The minimum atomic E-state index is 0.317. The van der Waals surface area contributed by atoms with Gasteiger partial charge in [-0.05, 0) is 38.4 Å². The lowest BCUT2D eigenvalue weighted by atomic mass is 10.2. The van der Waals surface area contributed by atoms with Crippen molar-refractivity contribution in [2.45, 2.75) is 32.2 Å². The molecule has 0 radical (unpaired) electrons. The van der Waals surface area contributed by atoms with Crippen molar-refractivity contribution < 1.29 is 0 Å². The lowest BCUT2D eigenvalue weighted by molar-refractivity contribution is 0.539. The van der Waals surface area contributed by atoms with Gasteiger partial charge in [0.25, 0.3) is 0 Å². The number of nitrogens with one attached hydrogen (secondary N) is 1. The Morgan fingerprint density at radius 1 is 1.47 bits per heavy atom. The third-order valence-corrected chi connectivity index (χ3v) is 2.33. The number of pyridine rings is 1. The van der Waals surface area contributed by atoms with E-state index in [9.17, 15) is 0 Å². The fourth-order valence-electron chi connectivity index (χ4n) is 1.41. The normalized spacial score (nSPS) is 12.0.